The standard InChI is InChI=1S/C12H23N5/c1-10(2)8-14-11-7-12(16-9-15-11)17(3)6-4-5-13/h7,9-10H,4-6,8,13H2,1-3H3,(H,14,15,16). The second-order valence-corrected chi connectivity index (χ2v) is 4.60. The van der Waals surface area contributed by atoms with Crippen molar-refractivity contribution in [3.05, 3.63) is 12.4 Å². The summed E-state index contributed by atoms with van der Waals surface area (Å²) in [5.41, 5.74) is 5.49. The van der Waals surface area contributed by atoms with Gasteiger partial charge in [-0.15, -0.1) is 0 Å². The molecule has 1 aromatic rings. The molecule has 96 valence electrons. The molecule has 0 spiro atoms. The number of nitrogens with two attached hydrogens (primary N) is 1. The number of anilines is 2. The Morgan fingerprint density at radius 3 is 2.82 bits per heavy atom. The smallest absolute Gasteiger partial charge is 0.133 e. The first kappa shape index (κ1) is 13.7. The van der Waals surface area contributed by atoms with Crippen LogP contribution in [0.3, 0.4) is 0 Å². The lowest BCUT2D eigenvalue weighted by atomic mass is 10.2. The molecule has 0 saturated heterocycles. The number of nitrogens with one attached hydrogen (secondary N) is 1. The van der Waals surface area contributed by atoms with Gasteiger partial charge < -0.3 is 16.0 Å². The Morgan fingerprint density at radius 2 is 2.18 bits per heavy atom. The molecule has 0 unspecified atom stereocenters. The summed E-state index contributed by atoms with van der Waals surface area (Å²) in [6.07, 6.45) is 2.56. The molecule has 5 heteroatoms. The van der Waals surface area contributed by atoms with Crippen LogP contribution in [0.15, 0.2) is 12.4 Å². The predicted molar refractivity (Wildman–Crippen MR) is 72.3 cm³/mol. The van der Waals surface area contributed by atoms with E-state index < -0.39 is 0 Å². The molecule has 0 aromatic carbocycles. The zero-order chi connectivity index (χ0) is 12.7. The number of rotatable bonds is 7. The molecule has 0 aliphatic rings. The fourth-order valence-electron chi connectivity index (χ4n) is 1.40. The van der Waals surface area contributed by atoms with E-state index in [2.05, 4.69) is 34.0 Å². The average molecular weight is 237 g/mol. The lowest BCUT2D eigenvalue weighted by Crippen LogP contribution is -2.22. The van der Waals surface area contributed by atoms with E-state index in [0.29, 0.717) is 12.5 Å². The lowest BCUT2D eigenvalue weighted by molar-refractivity contribution is 0.686. The normalized spacial score (nSPS) is 10.6. The molecule has 1 aromatic heterocycles. The van der Waals surface area contributed by atoms with Crippen molar-refractivity contribution in [2.45, 2.75) is 20.3 Å². The summed E-state index contributed by atoms with van der Waals surface area (Å²) in [4.78, 5) is 10.5. The molecule has 0 atom stereocenters. The fraction of sp³-hybridized carbons (Fsp3) is 0.667. The third-order valence-electron chi connectivity index (χ3n) is 2.43. The van der Waals surface area contributed by atoms with Crippen LogP contribution in [-0.4, -0.2) is 36.6 Å². The van der Waals surface area contributed by atoms with Gasteiger partial charge in [-0.05, 0) is 18.9 Å². The van der Waals surface area contributed by atoms with Gasteiger partial charge in [0.15, 0.2) is 0 Å². The monoisotopic (exact) mass is 237 g/mol. The van der Waals surface area contributed by atoms with Crippen molar-refractivity contribution in [3.63, 3.8) is 0 Å². The second kappa shape index (κ2) is 7.06. The van der Waals surface area contributed by atoms with Crippen LogP contribution in [-0.2, 0) is 0 Å². The fourth-order valence-corrected chi connectivity index (χ4v) is 1.40. The molecule has 1 heterocycles. The van der Waals surface area contributed by atoms with Crippen LogP contribution in [0.2, 0.25) is 0 Å². The summed E-state index contributed by atoms with van der Waals surface area (Å²) in [7, 11) is 2.02. The molecule has 0 bridgehead atoms. The lowest BCUT2D eigenvalue weighted by Gasteiger charge is -2.18. The Balaban J connectivity index is 2.58. The first-order valence-electron chi connectivity index (χ1n) is 6.10. The highest BCUT2D eigenvalue weighted by molar-refractivity contribution is 5.47. The van der Waals surface area contributed by atoms with E-state index >= 15 is 0 Å². The Labute approximate surface area is 103 Å². The molecule has 0 saturated carbocycles. The molecule has 1 rings (SSSR count). The molecule has 0 fully saturated rings. The third kappa shape index (κ3) is 4.99. The summed E-state index contributed by atoms with van der Waals surface area (Å²) in [6, 6.07) is 1.97. The van der Waals surface area contributed by atoms with E-state index in [-0.39, 0.29) is 0 Å². The maximum atomic E-state index is 5.49. The van der Waals surface area contributed by atoms with Crippen LogP contribution in [0, 0.1) is 5.92 Å². The van der Waals surface area contributed by atoms with E-state index in [1.165, 1.54) is 0 Å². The van der Waals surface area contributed by atoms with E-state index in [1.54, 1.807) is 6.33 Å². The maximum absolute atomic E-state index is 5.49. The van der Waals surface area contributed by atoms with Gasteiger partial charge in [-0.25, -0.2) is 9.97 Å². The van der Waals surface area contributed by atoms with E-state index in [9.17, 15) is 0 Å². The number of nitrogens with zero attached hydrogens (tertiary/aromatic N) is 3. The highest BCUT2D eigenvalue weighted by Crippen LogP contribution is 2.13. The zero-order valence-electron chi connectivity index (χ0n) is 11.0. The average Bonchev–Trinajstić information content (AvgIpc) is 2.33. The zero-order valence-corrected chi connectivity index (χ0v) is 11.0. The summed E-state index contributed by atoms with van der Waals surface area (Å²) >= 11 is 0. The minimum Gasteiger partial charge on any atom is -0.370 e. The molecule has 0 aliphatic carbocycles. The van der Waals surface area contributed by atoms with Gasteiger partial charge in [-0.2, -0.15) is 0 Å². The molecule has 17 heavy (non-hydrogen) atoms. The highest BCUT2D eigenvalue weighted by Gasteiger charge is 2.04. The van der Waals surface area contributed by atoms with E-state index in [0.717, 1.165) is 31.1 Å². The Kier molecular flexibility index (Phi) is 5.69. The molecular formula is C12H23N5. The van der Waals surface area contributed by atoms with E-state index in [1.807, 2.05) is 13.1 Å². The van der Waals surface area contributed by atoms with Crippen LogP contribution in [0.4, 0.5) is 11.6 Å². The molecule has 0 amide bonds. The van der Waals surface area contributed by atoms with Crippen LogP contribution in [0.1, 0.15) is 20.3 Å². The van der Waals surface area contributed by atoms with Gasteiger partial charge in [0.05, 0.1) is 0 Å². The quantitative estimate of drug-likeness (QED) is 0.749. The molecule has 0 aliphatic heterocycles. The van der Waals surface area contributed by atoms with E-state index in [4.69, 9.17) is 5.73 Å². The van der Waals surface area contributed by atoms with Crippen molar-refractivity contribution in [3.8, 4) is 0 Å². The van der Waals surface area contributed by atoms with Crippen LogP contribution < -0.4 is 16.0 Å². The van der Waals surface area contributed by atoms with Crippen molar-refractivity contribution in [2.24, 2.45) is 11.7 Å². The van der Waals surface area contributed by atoms with Gasteiger partial charge >= 0.3 is 0 Å². The first-order chi connectivity index (χ1) is 8.13. The second-order valence-electron chi connectivity index (χ2n) is 4.60. The molecule has 3 N–H and O–H groups in total. The number of aromatic nitrogens is 2. The first-order valence-corrected chi connectivity index (χ1v) is 6.10. The van der Waals surface area contributed by atoms with Gasteiger partial charge in [0.2, 0.25) is 0 Å². The molecule has 0 radical (unpaired) electrons. The summed E-state index contributed by atoms with van der Waals surface area (Å²) in [5, 5.41) is 3.29. The third-order valence-corrected chi connectivity index (χ3v) is 2.43. The van der Waals surface area contributed by atoms with Gasteiger partial charge in [0.25, 0.3) is 0 Å². The van der Waals surface area contributed by atoms with Crippen LogP contribution in [0.25, 0.3) is 0 Å². The van der Waals surface area contributed by atoms with Gasteiger partial charge in [-0.3, -0.25) is 0 Å². The Morgan fingerprint density at radius 1 is 1.41 bits per heavy atom. The van der Waals surface area contributed by atoms with Crippen molar-refractivity contribution >= 4 is 11.6 Å². The topological polar surface area (TPSA) is 67.1 Å². The highest BCUT2D eigenvalue weighted by atomic mass is 15.2. The maximum Gasteiger partial charge on any atom is 0.133 e. The van der Waals surface area contributed by atoms with Gasteiger partial charge in [0, 0.05) is 26.2 Å². The molecular weight excluding hydrogens is 214 g/mol. The minimum absolute atomic E-state index is 0.600. The van der Waals surface area contributed by atoms with Gasteiger partial charge in [0.1, 0.15) is 18.0 Å². The number of hydrogen-bond donors (Lipinski definition) is 2. The minimum atomic E-state index is 0.600. The van der Waals surface area contributed by atoms with Gasteiger partial charge in [-0.1, -0.05) is 13.8 Å². The summed E-state index contributed by atoms with van der Waals surface area (Å²) in [6.45, 7) is 6.87. The van der Waals surface area contributed by atoms with Crippen molar-refractivity contribution < 1.29 is 0 Å². The largest absolute Gasteiger partial charge is 0.370 e. The number of hydrogen-bond acceptors (Lipinski definition) is 5. The predicted octanol–water partition coefficient (Wildman–Crippen LogP) is 1.33. The van der Waals surface area contributed by atoms with Crippen LogP contribution >= 0.6 is 0 Å². The Bertz CT molecular complexity index is 326. The summed E-state index contributed by atoms with van der Waals surface area (Å²) in [5.74, 6) is 2.41. The molecule has 5 nitrogen and oxygen atoms in total. The summed E-state index contributed by atoms with van der Waals surface area (Å²) < 4.78 is 0. The van der Waals surface area contributed by atoms with Crippen molar-refractivity contribution in [1.29, 1.82) is 0 Å². The van der Waals surface area contributed by atoms with Crippen molar-refractivity contribution in [1.82, 2.24) is 9.97 Å². The Hall–Kier alpha value is -1.36. The van der Waals surface area contributed by atoms with Crippen LogP contribution in [0.5, 0.6) is 0 Å². The SMILES string of the molecule is CC(C)CNc1cc(N(C)CCCN)ncn1. The van der Waals surface area contributed by atoms with Crippen molar-refractivity contribution in [2.75, 3.05) is 36.9 Å².